The molecule has 0 spiro atoms. The summed E-state index contributed by atoms with van der Waals surface area (Å²) in [6.07, 6.45) is 9.06. The number of hydrogen-bond donors (Lipinski definition) is 2. The average molecular weight is 297 g/mol. The molecule has 1 aromatic carbocycles. The number of allylic oxidation sites excluding steroid dienone is 1. The first-order chi connectivity index (χ1) is 10.7. The highest BCUT2D eigenvalue weighted by Crippen LogP contribution is 2.18. The van der Waals surface area contributed by atoms with Gasteiger partial charge in [-0.3, -0.25) is 4.79 Å². The molecule has 3 rings (SSSR count). The van der Waals surface area contributed by atoms with Gasteiger partial charge in [-0.15, -0.1) is 0 Å². The van der Waals surface area contributed by atoms with E-state index in [0.29, 0.717) is 12.8 Å². The second kappa shape index (κ2) is 6.47. The van der Waals surface area contributed by atoms with Gasteiger partial charge in [-0.2, -0.15) is 0 Å². The molecule has 2 aliphatic rings. The summed E-state index contributed by atoms with van der Waals surface area (Å²) in [6.45, 7) is 0. The maximum absolute atomic E-state index is 12.1. The molecule has 0 aromatic heterocycles. The highest BCUT2D eigenvalue weighted by Gasteiger charge is 2.23. The maximum Gasteiger partial charge on any atom is 0.252 e. The van der Waals surface area contributed by atoms with Gasteiger partial charge in [0.05, 0.1) is 19.2 Å². The van der Waals surface area contributed by atoms with Crippen LogP contribution in [0.15, 0.2) is 53.8 Å². The van der Waals surface area contributed by atoms with Crippen LogP contribution in [0.25, 0.3) is 0 Å². The molecule has 5 heteroatoms. The third-order valence-corrected chi connectivity index (χ3v) is 3.80. The van der Waals surface area contributed by atoms with E-state index in [-0.39, 0.29) is 18.0 Å². The molecule has 5 nitrogen and oxygen atoms in total. The first-order valence-corrected chi connectivity index (χ1v) is 7.34. The number of dihydropyridines is 1. The Morgan fingerprint density at radius 2 is 1.91 bits per heavy atom. The third kappa shape index (κ3) is 3.36. The second-order valence-electron chi connectivity index (χ2n) is 5.39. The van der Waals surface area contributed by atoms with Crippen LogP contribution < -0.4 is 15.4 Å². The van der Waals surface area contributed by atoms with Crippen molar-refractivity contribution in [3.05, 3.63) is 54.4 Å². The number of ether oxygens (including phenoxy) is 1. The summed E-state index contributed by atoms with van der Waals surface area (Å²) < 4.78 is 5.14. The van der Waals surface area contributed by atoms with Gasteiger partial charge in [0, 0.05) is 31.0 Å². The van der Waals surface area contributed by atoms with Crippen LogP contribution in [0.1, 0.15) is 12.0 Å². The average Bonchev–Trinajstić information content (AvgIpc) is 3.04. The highest BCUT2D eigenvalue weighted by atomic mass is 16.5. The quantitative estimate of drug-likeness (QED) is 0.869. The smallest absolute Gasteiger partial charge is 0.252 e. The van der Waals surface area contributed by atoms with Crippen molar-refractivity contribution in [2.24, 2.45) is 10.9 Å². The second-order valence-corrected chi connectivity index (χ2v) is 5.39. The number of nitrogens with zero attached hydrogens (tertiary/aromatic N) is 1. The molecule has 0 fully saturated rings. The van der Waals surface area contributed by atoms with E-state index in [4.69, 9.17) is 4.74 Å². The fourth-order valence-electron chi connectivity index (χ4n) is 2.57. The largest absolute Gasteiger partial charge is 0.497 e. The Hall–Kier alpha value is -2.56. The number of nitrogens with one attached hydrogen (secondary N) is 2. The minimum atomic E-state index is -0.162. The summed E-state index contributed by atoms with van der Waals surface area (Å²) in [7, 11) is 1.64. The van der Waals surface area contributed by atoms with Crippen LogP contribution in [-0.2, 0) is 11.2 Å². The van der Waals surface area contributed by atoms with Crippen LogP contribution in [0.4, 0.5) is 0 Å². The molecular formula is C17H19N3O2. The summed E-state index contributed by atoms with van der Waals surface area (Å²) in [5.74, 6) is 0.595. The van der Waals surface area contributed by atoms with Crippen LogP contribution >= 0.6 is 0 Å². The molecule has 0 aliphatic carbocycles. The van der Waals surface area contributed by atoms with Crippen LogP contribution in [0.3, 0.4) is 0 Å². The van der Waals surface area contributed by atoms with Crippen molar-refractivity contribution in [2.45, 2.75) is 19.0 Å². The van der Waals surface area contributed by atoms with Crippen molar-refractivity contribution < 1.29 is 9.53 Å². The van der Waals surface area contributed by atoms with Gasteiger partial charge in [0.25, 0.3) is 5.91 Å². The summed E-state index contributed by atoms with van der Waals surface area (Å²) >= 11 is 0. The number of hydrogen-bond acceptors (Lipinski definition) is 4. The Kier molecular flexibility index (Phi) is 4.23. The van der Waals surface area contributed by atoms with Crippen molar-refractivity contribution >= 4 is 11.6 Å². The SMILES string of the molecule is COc1ccc(CC2=NC(=O)C(CC3NC=CN3)C=C2)cc1. The molecule has 1 atom stereocenters. The molecule has 0 bridgehead atoms. The predicted molar refractivity (Wildman–Crippen MR) is 85.6 cm³/mol. The first kappa shape index (κ1) is 14.4. The fourth-order valence-corrected chi connectivity index (χ4v) is 2.57. The molecule has 2 heterocycles. The maximum atomic E-state index is 12.1. The molecule has 22 heavy (non-hydrogen) atoms. The van der Waals surface area contributed by atoms with E-state index in [9.17, 15) is 4.79 Å². The van der Waals surface area contributed by atoms with Crippen molar-refractivity contribution in [3.8, 4) is 5.75 Å². The number of amides is 1. The van der Waals surface area contributed by atoms with Crippen LogP contribution in [0.5, 0.6) is 5.75 Å². The zero-order valence-electron chi connectivity index (χ0n) is 12.5. The Bertz CT molecular complexity index is 624. The molecule has 114 valence electrons. The van der Waals surface area contributed by atoms with Crippen molar-refractivity contribution in [1.29, 1.82) is 0 Å². The number of rotatable bonds is 5. The van der Waals surface area contributed by atoms with E-state index < -0.39 is 0 Å². The van der Waals surface area contributed by atoms with Gasteiger partial charge in [0.1, 0.15) is 5.75 Å². The molecular weight excluding hydrogens is 278 g/mol. The van der Waals surface area contributed by atoms with Gasteiger partial charge in [0.2, 0.25) is 0 Å². The highest BCUT2D eigenvalue weighted by molar-refractivity contribution is 6.06. The summed E-state index contributed by atoms with van der Waals surface area (Å²) in [5, 5.41) is 6.30. The molecule has 2 aliphatic heterocycles. The molecule has 1 amide bonds. The van der Waals surface area contributed by atoms with Gasteiger partial charge in [-0.1, -0.05) is 18.2 Å². The Morgan fingerprint density at radius 3 is 2.55 bits per heavy atom. The lowest BCUT2D eigenvalue weighted by molar-refractivity contribution is -0.120. The lowest BCUT2D eigenvalue weighted by Gasteiger charge is -2.19. The number of carbonyl (C=O) groups excluding carboxylic acids is 1. The van der Waals surface area contributed by atoms with Gasteiger partial charge >= 0.3 is 0 Å². The van der Waals surface area contributed by atoms with Crippen molar-refractivity contribution in [1.82, 2.24) is 10.6 Å². The van der Waals surface area contributed by atoms with Crippen molar-refractivity contribution in [2.75, 3.05) is 7.11 Å². The Labute approximate surface area is 129 Å². The van der Waals surface area contributed by atoms with Gasteiger partial charge in [-0.05, 0) is 23.8 Å². The molecule has 0 saturated heterocycles. The third-order valence-electron chi connectivity index (χ3n) is 3.80. The molecule has 0 saturated carbocycles. The minimum absolute atomic E-state index is 0.0680. The zero-order valence-corrected chi connectivity index (χ0v) is 12.5. The lowest BCUT2D eigenvalue weighted by Crippen LogP contribution is -2.35. The topological polar surface area (TPSA) is 62.7 Å². The van der Waals surface area contributed by atoms with E-state index in [0.717, 1.165) is 17.0 Å². The van der Waals surface area contributed by atoms with Gasteiger partial charge in [-0.25, -0.2) is 4.99 Å². The first-order valence-electron chi connectivity index (χ1n) is 7.34. The molecule has 0 radical (unpaired) electrons. The van der Waals surface area contributed by atoms with Gasteiger partial charge < -0.3 is 15.4 Å². The van der Waals surface area contributed by atoms with E-state index in [1.807, 2.05) is 48.8 Å². The van der Waals surface area contributed by atoms with Crippen LogP contribution in [0, 0.1) is 5.92 Å². The van der Waals surface area contributed by atoms with E-state index in [1.165, 1.54) is 0 Å². The Morgan fingerprint density at radius 1 is 1.18 bits per heavy atom. The number of methoxy groups -OCH3 is 1. The molecule has 1 aromatic rings. The lowest BCUT2D eigenvalue weighted by atomic mass is 9.97. The molecule has 1 unspecified atom stereocenters. The van der Waals surface area contributed by atoms with Crippen LogP contribution in [-0.4, -0.2) is 24.9 Å². The van der Waals surface area contributed by atoms with E-state index >= 15 is 0 Å². The standard InChI is InChI=1S/C17H19N3O2/c1-22-15-6-2-12(3-7-15)10-14-5-4-13(17(21)20-14)11-16-18-8-9-19-16/h2-9,13,16,18-19H,10-11H2,1H3. The molecule has 2 N–H and O–H groups in total. The number of carbonyl (C=O) groups is 1. The van der Waals surface area contributed by atoms with E-state index in [1.54, 1.807) is 7.11 Å². The fraction of sp³-hybridized carbons (Fsp3) is 0.294. The van der Waals surface area contributed by atoms with E-state index in [2.05, 4.69) is 15.6 Å². The summed E-state index contributed by atoms with van der Waals surface area (Å²) in [6, 6.07) is 7.81. The monoisotopic (exact) mass is 297 g/mol. The number of aliphatic imine (C=N–C) groups is 1. The minimum Gasteiger partial charge on any atom is -0.497 e. The Balaban J connectivity index is 1.59. The number of benzene rings is 1. The summed E-state index contributed by atoms with van der Waals surface area (Å²) in [4.78, 5) is 16.4. The van der Waals surface area contributed by atoms with Gasteiger partial charge in [0.15, 0.2) is 0 Å². The van der Waals surface area contributed by atoms with Crippen LogP contribution in [0.2, 0.25) is 0 Å². The zero-order chi connectivity index (χ0) is 15.4. The predicted octanol–water partition coefficient (Wildman–Crippen LogP) is 1.77. The normalized spacial score (nSPS) is 20.5. The van der Waals surface area contributed by atoms with Crippen molar-refractivity contribution in [3.63, 3.8) is 0 Å². The summed E-state index contributed by atoms with van der Waals surface area (Å²) in [5.41, 5.74) is 1.91.